The molecule has 130 valence electrons. The third-order valence-corrected chi connectivity index (χ3v) is 3.79. The second kappa shape index (κ2) is 8.59. The van der Waals surface area contributed by atoms with E-state index in [9.17, 15) is 4.79 Å². The number of nitrogens with one attached hydrogen (secondary N) is 1. The first kappa shape index (κ1) is 17.4. The minimum atomic E-state index is -0.215. The Morgan fingerprint density at radius 1 is 1.00 bits per heavy atom. The molecule has 4 nitrogen and oxygen atoms in total. The van der Waals surface area contributed by atoms with E-state index in [-0.39, 0.29) is 19.1 Å². The lowest BCUT2D eigenvalue weighted by Crippen LogP contribution is -2.29. The minimum Gasteiger partial charge on any atom is -0.495 e. The molecule has 0 radical (unpaired) electrons. The van der Waals surface area contributed by atoms with E-state index in [1.807, 2.05) is 66.7 Å². The van der Waals surface area contributed by atoms with Crippen LogP contribution in [0.25, 0.3) is 10.8 Å². The fraction of sp³-hybridized carbons (Fsp3) is 0.136. The smallest absolute Gasteiger partial charge is 0.258 e. The van der Waals surface area contributed by atoms with Gasteiger partial charge in [0.25, 0.3) is 5.91 Å². The normalized spacial score (nSPS) is 9.88. The van der Waals surface area contributed by atoms with Crippen molar-refractivity contribution in [3.63, 3.8) is 0 Å². The molecule has 0 aliphatic rings. The number of fused-ring (bicyclic) bond motifs is 1. The van der Waals surface area contributed by atoms with Gasteiger partial charge in [0.1, 0.15) is 11.5 Å². The summed E-state index contributed by atoms with van der Waals surface area (Å²) in [6.07, 6.45) is 0. The van der Waals surface area contributed by atoms with Crippen LogP contribution >= 0.6 is 0 Å². The Morgan fingerprint density at radius 3 is 2.62 bits per heavy atom. The van der Waals surface area contributed by atoms with E-state index in [0.717, 1.165) is 16.3 Å². The van der Waals surface area contributed by atoms with Gasteiger partial charge in [0.2, 0.25) is 0 Å². The highest BCUT2D eigenvalue weighted by Crippen LogP contribution is 2.20. The van der Waals surface area contributed by atoms with E-state index in [1.54, 1.807) is 7.11 Å². The second-order valence-corrected chi connectivity index (χ2v) is 5.58. The van der Waals surface area contributed by atoms with Crippen LogP contribution in [0.5, 0.6) is 11.5 Å². The van der Waals surface area contributed by atoms with Crippen LogP contribution in [0.1, 0.15) is 5.56 Å². The van der Waals surface area contributed by atoms with E-state index >= 15 is 0 Å². The van der Waals surface area contributed by atoms with Crippen LogP contribution in [0, 0.1) is 11.8 Å². The number of amides is 1. The molecule has 3 aromatic carbocycles. The van der Waals surface area contributed by atoms with E-state index in [1.165, 1.54) is 0 Å². The second-order valence-electron chi connectivity index (χ2n) is 5.58. The van der Waals surface area contributed by atoms with Gasteiger partial charge in [0.15, 0.2) is 6.61 Å². The number of carbonyl (C=O) groups is 1. The molecule has 0 aliphatic heterocycles. The summed E-state index contributed by atoms with van der Waals surface area (Å²) in [5.74, 6) is 7.06. The number of para-hydroxylation sites is 1. The van der Waals surface area contributed by atoms with Crippen LogP contribution in [-0.4, -0.2) is 26.2 Å². The molecule has 26 heavy (non-hydrogen) atoms. The number of hydrogen-bond acceptors (Lipinski definition) is 3. The van der Waals surface area contributed by atoms with Gasteiger partial charge in [0, 0.05) is 0 Å². The largest absolute Gasteiger partial charge is 0.495 e. The van der Waals surface area contributed by atoms with Crippen LogP contribution < -0.4 is 14.8 Å². The Bertz CT molecular complexity index is 970. The lowest BCUT2D eigenvalue weighted by atomic mass is 10.1. The van der Waals surface area contributed by atoms with Gasteiger partial charge in [-0.05, 0) is 35.0 Å². The zero-order valence-corrected chi connectivity index (χ0v) is 14.5. The number of rotatable bonds is 5. The molecule has 0 unspecified atom stereocenters. The maximum Gasteiger partial charge on any atom is 0.258 e. The van der Waals surface area contributed by atoms with E-state index < -0.39 is 0 Å². The minimum absolute atomic E-state index is 0.0469. The summed E-state index contributed by atoms with van der Waals surface area (Å²) in [4.78, 5) is 11.9. The van der Waals surface area contributed by atoms with E-state index in [2.05, 4.69) is 17.2 Å². The van der Waals surface area contributed by atoms with Gasteiger partial charge in [0.05, 0.1) is 19.2 Å². The fourth-order valence-corrected chi connectivity index (χ4v) is 2.49. The molecule has 3 rings (SSSR count). The average Bonchev–Trinajstić information content (AvgIpc) is 2.69. The molecule has 0 bridgehead atoms. The summed E-state index contributed by atoms with van der Waals surface area (Å²) in [5, 5.41) is 4.93. The van der Waals surface area contributed by atoms with Crippen LogP contribution in [0.15, 0.2) is 66.7 Å². The van der Waals surface area contributed by atoms with Gasteiger partial charge in [-0.15, -0.1) is 0 Å². The lowest BCUT2D eigenvalue weighted by Gasteiger charge is -2.07. The topological polar surface area (TPSA) is 47.6 Å². The third-order valence-electron chi connectivity index (χ3n) is 3.79. The number of methoxy groups -OCH3 is 1. The zero-order chi connectivity index (χ0) is 18.2. The first-order valence-electron chi connectivity index (χ1n) is 8.26. The van der Waals surface area contributed by atoms with Gasteiger partial charge in [-0.25, -0.2) is 0 Å². The molecule has 1 amide bonds. The molecule has 4 heteroatoms. The molecule has 0 saturated heterocycles. The van der Waals surface area contributed by atoms with Crippen molar-refractivity contribution in [2.24, 2.45) is 0 Å². The maximum atomic E-state index is 11.9. The number of ether oxygens (including phenoxy) is 2. The van der Waals surface area contributed by atoms with Crippen molar-refractivity contribution in [1.29, 1.82) is 0 Å². The summed E-state index contributed by atoms with van der Waals surface area (Å²) in [7, 11) is 1.60. The zero-order valence-electron chi connectivity index (χ0n) is 14.5. The number of carbonyl (C=O) groups excluding carboxylic acids is 1. The fourth-order valence-electron chi connectivity index (χ4n) is 2.49. The van der Waals surface area contributed by atoms with Crippen molar-refractivity contribution >= 4 is 16.7 Å². The lowest BCUT2D eigenvalue weighted by molar-refractivity contribution is -0.122. The summed E-state index contributed by atoms with van der Waals surface area (Å²) in [6, 6.07) is 21.3. The van der Waals surface area contributed by atoms with Crippen LogP contribution in [0.3, 0.4) is 0 Å². The molecular formula is C22H19NO3. The predicted molar refractivity (Wildman–Crippen MR) is 102 cm³/mol. The molecule has 0 saturated carbocycles. The van der Waals surface area contributed by atoms with Crippen LogP contribution in [-0.2, 0) is 4.79 Å². The van der Waals surface area contributed by atoms with Crippen molar-refractivity contribution in [1.82, 2.24) is 5.32 Å². The highest BCUT2D eigenvalue weighted by Gasteiger charge is 2.02. The van der Waals surface area contributed by atoms with Crippen molar-refractivity contribution in [2.45, 2.75) is 0 Å². The van der Waals surface area contributed by atoms with Crippen molar-refractivity contribution in [2.75, 3.05) is 20.3 Å². The van der Waals surface area contributed by atoms with Crippen molar-refractivity contribution in [3.05, 3.63) is 72.3 Å². The summed E-state index contributed by atoms with van der Waals surface area (Å²) in [6.45, 7) is 0.201. The molecule has 0 atom stereocenters. The number of hydrogen-bond donors (Lipinski definition) is 1. The molecule has 0 fully saturated rings. The first-order valence-corrected chi connectivity index (χ1v) is 8.26. The Morgan fingerprint density at radius 2 is 1.77 bits per heavy atom. The molecular weight excluding hydrogens is 326 g/mol. The third kappa shape index (κ3) is 4.55. The van der Waals surface area contributed by atoms with Gasteiger partial charge in [-0.3, -0.25) is 4.79 Å². The van der Waals surface area contributed by atoms with Crippen LogP contribution in [0.4, 0.5) is 0 Å². The van der Waals surface area contributed by atoms with Gasteiger partial charge < -0.3 is 14.8 Å². The maximum absolute atomic E-state index is 11.9. The monoisotopic (exact) mass is 345 g/mol. The highest BCUT2D eigenvalue weighted by molar-refractivity contribution is 5.84. The quantitative estimate of drug-likeness (QED) is 0.721. The highest BCUT2D eigenvalue weighted by atomic mass is 16.5. The molecule has 0 heterocycles. The molecule has 0 aliphatic carbocycles. The summed E-state index contributed by atoms with van der Waals surface area (Å²) < 4.78 is 10.8. The molecule has 0 aromatic heterocycles. The van der Waals surface area contributed by atoms with Crippen LogP contribution in [0.2, 0.25) is 0 Å². The molecule has 3 aromatic rings. The predicted octanol–water partition coefficient (Wildman–Crippen LogP) is 3.40. The van der Waals surface area contributed by atoms with Gasteiger partial charge in [-0.1, -0.05) is 54.3 Å². The SMILES string of the molecule is COc1ccccc1C#CCNC(=O)COc1ccc2ccccc2c1. The summed E-state index contributed by atoms with van der Waals surface area (Å²) in [5.41, 5.74) is 0.789. The Kier molecular flexibility index (Phi) is 5.74. The molecule has 0 spiro atoms. The van der Waals surface area contributed by atoms with E-state index in [0.29, 0.717) is 11.5 Å². The van der Waals surface area contributed by atoms with Crippen molar-refractivity contribution in [3.8, 4) is 23.3 Å². The van der Waals surface area contributed by atoms with Gasteiger partial charge >= 0.3 is 0 Å². The Balaban J connectivity index is 1.49. The van der Waals surface area contributed by atoms with Crippen molar-refractivity contribution < 1.29 is 14.3 Å². The summed E-state index contributed by atoms with van der Waals surface area (Å²) >= 11 is 0. The standard InChI is InChI=1S/C22H19NO3/c1-25-21-11-5-4-8-18(21)10-6-14-23-22(24)16-26-20-13-12-17-7-2-3-9-19(17)15-20/h2-5,7-9,11-13,15H,14,16H2,1H3,(H,23,24). The van der Waals surface area contributed by atoms with Gasteiger partial charge in [-0.2, -0.15) is 0 Å². The first-order chi connectivity index (χ1) is 12.8. The molecule has 1 N–H and O–H groups in total. The Labute approximate surface area is 152 Å². The van der Waals surface area contributed by atoms with E-state index in [4.69, 9.17) is 9.47 Å². The number of benzene rings is 3. The average molecular weight is 345 g/mol. The Hall–Kier alpha value is -3.45.